The van der Waals surface area contributed by atoms with Gasteiger partial charge in [-0.2, -0.15) is 0 Å². The number of rotatable bonds is 5. The Bertz CT molecular complexity index is 1010. The lowest BCUT2D eigenvalue weighted by molar-refractivity contribution is 0.0687. The van der Waals surface area contributed by atoms with Crippen LogP contribution in [0, 0.1) is 32.5 Å². The third-order valence-corrected chi connectivity index (χ3v) is 7.21. The van der Waals surface area contributed by atoms with Crippen molar-refractivity contribution in [2.24, 2.45) is 5.92 Å². The monoisotopic (exact) mass is 418 g/mol. The lowest BCUT2D eigenvalue weighted by Crippen LogP contribution is -2.41. The van der Waals surface area contributed by atoms with E-state index in [0.717, 1.165) is 16.7 Å². The SMILES string of the molecule is Cc1cc(C)c(S(=O)(=O)NCC2CCN(C(=O)c3ccccc3F)CC2)cc1C. The molecule has 29 heavy (non-hydrogen) atoms. The number of carbonyl (C=O) groups is 1. The van der Waals surface area contributed by atoms with Crippen LogP contribution < -0.4 is 4.72 Å². The minimum atomic E-state index is -3.59. The Morgan fingerprint density at radius 1 is 1.07 bits per heavy atom. The number of hydrogen-bond acceptors (Lipinski definition) is 3. The lowest BCUT2D eigenvalue weighted by Gasteiger charge is -2.32. The van der Waals surface area contributed by atoms with Crippen molar-refractivity contribution >= 4 is 15.9 Å². The highest BCUT2D eigenvalue weighted by Gasteiger charge is 2.26. The lowest BCUT2D eigenvalue weighted by atomic mass is 9.96. The van der Waals surface area contributed by atoms with Crippen LogP contribution in [0.2, 0.25) is 0 Å². The number of nitrogens with zero attached hydrogens (tertiary/aromatic N) is 1. The first-order valence-corrected chi connectivity index (χ1v) is 11.3. The fourth-order valence-electron chi connectivity index (χ4n) is 3.67. The third kappa shape index (κ3) is 4.85. The molecule has 0 spiro atoms. The Hall–Kier alpha value is -2.25. The van der Waals surface area contributed by atoms with Crippen LogP contribution in [0.25, 0.3) is 0 Å². The summed E-state index contributed by atoms with van der Waals surface area (Å²) in [6.45, 7) is 6.97. The number of sulfonamides is 1. The number of nitrogens with one attached hydrogen (secondary N) is 1. The van der Waals surface area contributed by atoms with Crippen LogP contribution in [0.3, 0.4) is 0 Å². The summed E-state index contributed by atoms with van der Waals surface area (Å²) in [6, 6.07) is 9.57. The van der Waals surface area contributed by atoms with Gasteiger partial charge in [0.05, 0.1) is 10.5 Å². The van der Waals surface area contributed by atoms with E-state index in [0.29, 0.717) is 37.4 Å². The van der Waals surface area contributed by atoms with Gasteiger partial charge in [0.15, 0.2) is 0 Å². The minimum Gasteiger partial charge on any atom is -0.339 e. The molecule has 7 heteroatoms. The van der Waals surface area contributed by atoms with Gasteiger partial charge >= 0.3 is 0 Å². The van der Waals surface area contributed by atoms with E-state index in [1.54, 1.807) is 30.0 Å². The molecule has 5 nitrogen and oxygen atoms in total. The Balaban J connectivity index is 1.58. The molecule has 2 aromatic carbocycles. The Kier molecular flexibility index (Phi) is 6.39. The Morgan fingerprint density at radius 3 is 2.34 bits per heavy atom. The van der Waals surface area contributed by atoms with Gasteiger partial charge in [0, 0.05) is 19.6 Å². The summed E-state index contributed by atoms with van der Waals surface area (Å²) in [4.78, 5) is 14.4. The van der Waals surface area contributed by atoms with Crippen molar-refractivity contribution in [1.29, 1.82) is 0 Å². The van der Waals surface area contributed by atoms with Crippen LogP contribution in [0.1, 0.15) is 39.9 Å². The van der Waals surface area contributed by atoms with Gasteiger partial charge in [-0.15, -0.1) is 0 Å². The molecular weight excluding hydrogens is 391 g/mol. The van der Waals surface area contributed by atoms with Gasteiger partial charge in [-0.3, -0.25) is 4.79 Å². The topological polar surface area (TPSA) is 66.5 Å². The van der Waals surface area contributed by atoms with Crippen molar-refractivity contribution in [2.75, 3.05) is 19.6 Å². The first-order chi connectivity index (χ1) is 13.7. The number of likely N-dealkylation sites (tertiary alicyclic amines) is 1. The normalized spacial score (nSPS) is 15.5. The molecule has 0 unspecified atom stereocenters. The second-order valence-electron chi connectivity index (χ2n) is 7.77. The second-order valence-corrected chi connectivity index (χ2v) is 9.50. The molecule has 1 saturated heterocycles. The zero-order valence-electron chi connectivity index (χ0n) is 17.0. The van der Waals surface area contributed by atoms with E-state index in [-0.39, 0.29) is 17.4 Å². The highest BCUT2D eigenvalue weighted by atomic mass is 32.2. The number of hydrogen-bond donors (Lipinski definition) is 1. The quantitative estimate of drug-likeness (QED) is 0.807. The molecule has 3 rings (SSSR count). The van der Waals surface area contributed by atoms with Gasteiger partial charge < -0.3 is 4.90 Å². The maximum Gasteiger partial charge on any atom is 0.256 e. The molecular formula is C22H27FN2O3S. The fraction of sp³-hybridized carbons (Fsp3) is 0.409. The smallest absolute Gasteiger partial charge is 0.256 e. The third-order valence-electron chi connectivity index (χ3n) is 5.65. The first-order valence-electron chi connectivity index (χ1n) is 9.80. The number of aryl methyl sites for hydroxylation is 3. The summed E-state index contributed by atoms with van der Waals surface area (Å²) in [5.41, 5.74) is 2.81. The molecule has 0 saturated carbocycles. The molecule has 1 aliphatic rings. The van der Waals surface area contributed by atoms with Crippen LogP contribution in [0.15, 0.2) is 41.3 Å². The highest BCUT2D eigenvalue weighted by molar-refractivity contribution is 7.89. The van der Waals surface area contributed by atoms with Crippen molar-refractivity contribution in [2.45, 2.75) is 38.5 Å². The summed E-state index contributed by atoms with van der Waals surface area (Å²) in [7, 11) is -3.59. The van der Waals surface area contributed by atoms with Crippen molar-refractivity contribution < 1.29 is 17.6 Å². The fourth-order valence-corrected chi connectivity index (χ4v) is 5.10. The average molecular weight is 419 g/mol. The minimum absolute atomic E-state index is 0.0804. The van der Waals surface area contributed by atoms with E-state index >= 15 is 0 Å². The zero-order valence-corrected chi connectivity index (χ0v) is 17.9. The molecule has 0 radical (unpaired) electrons. The first kappa shape index (κ1) is 21.5. The molecule has 1 fully saturated rings. The van der Waals surface area contributed by atoms with Gasteiger partial charge in [0.1, 0.15) is 5.82 Å². The maximum absolute atomic E-state index is 13.8. The van der Waals surface area contributed by atoms with Crippen molar-refractivity contribution in [1.82, 2.24) is 9.62 Å². The van der Waals surface area contributed by atoms with E-state index in [2.05, 4.69) is 4.72 Å². The van der Waals surface area contributed by atoms with Crippen molar-refractivity contribution in [3.63, 3.8) is 0 Å². The van der Waals surface area contributed by atoms with E-state index in [1.807, 2.05) is 19.9 Å². The van der Waals surface area contributed by atoms with Gasteiger partial charge in [-0.1, -0.05) is 18.2 Å². The van der Waals surface area contributed by atoms with Crippen LogP contribution in [-0.4, -0.2) is 38.9 Å². The summed E-state index contributed by atoms with van der Waals surface area (Å²) >= 11 is 0. The summed E-state index contributed by atoms with van der Waals surface area (Å²) in [5.74, 6) is -0.690. The van der Waals surface area contributed by atoms with Gasteiger partial charge in [-0.25, -0.2) is 17.5 Å². The summed E-state index contributed by atoms with van der Waals surface area (Å²) in [6.07, 6.45) is 1.35. The van der Waals surface area contributed by atoms with Crippen LogP contribution in [0.5, 0.6) is 0 Å². The summed E-state index contributed by atoms with van der Waals surface area (Å²) in [5, 5.41) is 0. The largest absolute Gasteiger partial charge is 0.339 e. The standard InChI is InChI=1S/C22H27FN2O3S/c1-15-12-17(3)21(13-16(15)2)29(27,28)24-14-18-8-10-25(11-9-18)22(26)19-6-4-5-7-20(19)23/h4-7,12-13,18,24H,8-11,14H2,1-3H3. The second kappa shape index (κ2) is 8.63. The van der Waals surface area contributed by atoms with E-state index in [9.17, 15) is 17.6 Å². The highest BCUT2D eigenvalue weighted by Crippen LogP contribution is 2.22. The number of carbonyl (C=O) groups excluding carboxylic acids is 1. The molecule has 156 valence electrons. The van der Waals surface area contributed by atoms with Crippen molar-refractivity contribution in [3.05, 3.63) is 64.5 Å². The average Bonchev–Trinajstić information content (AvgIpc) is 2.69. The molecule has 0 aromatic heterocycles. The van der Waals surface area contributed by atoms with Crippen LogP contribution in [0.4, 0.5) is 4.39 Å². The van der Waals surface area contributed by atoms with Gasteiger partial charge in [-0.05, 0) is 74.4 Å². The Morgan fingerprint density at radius 2 is 1.69 bits per heavy atom. The van der Waals surface area contributed by atoms with Crippen LogP contribution >= 0.6 is 0 Å². The number of benzene rings is 2. The predicted octanol–water partition coefficient (Wildman–Crippen LogP) is 3.58. The predicted molar refractivity (Wildman–Crippen MR) is 111 cm³/mol. The Labute approximate surface area is 172 Å². The molecule has 0 bridgehead atoms. The molecule has 0 aliphatic carbocycles. The molecule has 1 N–H and O–H groups in total. The summed E-state index contributed by atoms with van der Waals surface area (Å²) < 4.78 is 42.0. The zero-order chi connectivity index (χ0) is 21.2. The molecule has 0 atom stereocenters. The number of piperidine rings is 1. The van der Waals surface area contributed by atoms with E-state index in [4.69, 9.17) is 0 Å². The molecule has 1 aliphatic heterocycles. The number of amides is 1. The van der Waals surface area contributed by atoms with Gasteiger partial charge in [0.2, 0.25) is 10.0 Å². The van der Waals surface area contributed by atoms with Crippen LogP contribution in [-0.2, 0) is 10.0 Å². The molecule has 1 amide bonds. The maximum atomic E-state index is 13.8. The van der Waals surface area contributed by atoms with Gasteiger partial charge in [0.25, 0.3) is 5.91 Å². The van der Waals surface area contributed by atoms with E-state index in [1.165, 1.54) is 12.1 Å². The number of halogens is 1. The van der Waals surface area contributed by atoms with Crippen molar-refractivity contribution in [3.8, 4) is 0 Å². The van der Waals surface area contributed by atoms with E-state index < -0.39 is 15.8 Å². The molecule has 2 aromatic rings. The molecule has 1 heterocycles.